The molecular weight excluding hydrogens is 254 g/mol. The Balaban J connectivity index is 1.62. The van der Waals surface area contributed by atoms with Crippen LogP contribution in [0.15, 0.2) is 12.3 Å². The summed E-state index contributed by atoms with van der Waals surface area (Å²) in [5.74, 6) is 2.26. The molecule has 1 amide bonds. The lowest BCUT2D eigenvalue weighted by Crippen LogP contribution is -2.58. The smallest absolute Gasteiger partial charge is 0.415 e. The van der Waals surface area contributed by atoms with E-state index in [1.807, 2.05) is 20.8 Å². The number of carbonyl (C=O) groups is 2. The zero-order valence-electron chi connectivity index (χ0n) is 12.5. The second kappa shape index (κ2) is 4.34. The van der Waals surface area contributed by atoms with Gasteiger partial charge in [0.1, 0.15) is 11.6 Å². The summed E-state index contributed by atoms with van der Waals surface area (Å²) in [4.78, 5) is 25.6. The highest BCUT2D eigenvalue weighted by Gasteiger charge is 2.57. The molecule has 0 unspecified atom stereocenters. The Labute approximate surface area is 120 Å². The van der Waals surface area contributed by atoms with Crippen molar-refractivity contribution in [2.45, 2.75) is 58.1 Å². The van der Waals surface area contributed by atoms with Gasteiger partial charge in [-0.1, -0.05) is 13.0 Å². The molecule has 3 rings (SSSR count). The van der Waals surface area contributed by atoms with Crippen molar-refractivity contribution in [2.24, 2.45) is 17.8 Å². The molecule has 110 valence electrons. The van der Waals surface area contributed by atoms with E-state index in [1.165, 1.54) is 24.2 Å². The lowest BCUT2D eigenvalue weighted by Gasteiger charge is -2.41. The van der Waals surface area contributed by atoms with Crippen molar-refractivity contribution in [2.75, 3.05) is 0 Å². The van der Waals surface area contributed by atoms with Crippen molar-refractivity contribution in [3.05, 3.63) is 12.3 Å². The van der Waals surface area contributed by atoms with Crippen molar-refractivity contribution in [1.29, 1.82) is 0 Å². The molecule has 1 saturated heterocycles. The number of fused-ring (bicyclic) bond motifs is 1. The number of rotatable bonds is 2. The SMILES string of the molecule is C=C1C(=O)[C@H](C[C@H]2[C@@H]3CCC[C@@H]32)N1C(=O)OC(C)(C)C. The molecule has 3 fully saturated rings. The van der Waals surface area contributed by atoms with Crippen molar-refractivity contribution < 1.29 is 14.3 Å². The molecule has 2 aliphatic carbocycles. The highest BCUT2D eigenvalue weighted by atomic mass is 16.6. The predicted molar refractivity (Wildman–Crippen MR) is 74.9 cm³/mol. The van der Waals surface area contributed by atoms with Crippen LogP contribution in [0.2, 0.25) is 0 Å². The Kier molecular flexibility index (Phi) is 2.96. The number of nitrogens with zero attached hydrogens (tertiary/aromatic N) is 1. The maximum atomic E-state index is 12.1. The van der Waals surface area contributed by atoms with Crippen LogP contribution in [0.5, 0.6) is 0 Å². The second-order valence-electron chi connectivity index (χ2n) is 7.34. The molecule has 0 aromatic heterocycles. The summed E-state index contributed by atoms with van der Waals surface area (Å²) in [6.07, 6.45) is 4.28. The highest BCUT2D eigenvalue weighted by molar-refractivity contribution is 6.09. The van der Waals surface area contributed by atoms with Crippen molar-refractivity contribution in [1.82, 2.24) is 4.90 Å². The topological polar surface area (TPSA) is 46.6 Å². The van der Waals surface area contributed by atoms with E-state index in [0.29, 0.717) is 5.92 Å². The largest absolute Gasteiger partial charge is 0.443 e. The minimum Gasteiger partial charge on any atom is -0.443 e. The van der Waals surface area contributed by atoms with Crippen LogP contribution in [0.3, 0.4) is 0 Å². The van der Waals surface area contributed by atoms with E-state index in [-0.39, 0.29) is 17.5 Å². The van der Waals surface area contributed by atoms with Crippen LogP contribution >= 0.6 is 0 Å². The molecular formula is C16H23NO3. The standard InChI is InChI=1S/C16H23NO3/c1-9-14(18)13(8-12-10-6-5-7-11(10)12)17(9)15(19)20-16(2,3)4/h10-13H,1,5-8H2,2-4H3/t10-,11+,12+,13-/m0/s1. The summed E-state index contributed by atoms with van der Waals surface area (Å²) in [7, 11) is 0. The van der Waals surface area contributed by atoms with E-state index in [4.69, 9.17) is 4.74 Å². The number of ether oxygens (including phenoxy) is 1. The van der Waals surface area contributed by atoms with Crippen molar-refractivity contribution >= 4 is 11.9 Å². The van der Waals surface area contributed by atoms with Gasteiger partial charge in [-0.25, -0.2) is 4.79 Å². The molecule has 4 nitrogen and oxygen atoms in total. The van der Waals surface area contributed by atoms with Crippen LogP contribution in [-0.4, -0.2) is 28.4 Å². The first-order valence-corrected chi connectivity index (χ1v) is 7.55. The molecule has 0 aromatic carbocycles. The maximum absolute atomic E-state index is 12.1. The van der Waals surface area contributed by atoms with E-state index >= 15 is 0 Å². The van der Waals surface area contributed by atoms with Crippen molar-refractivity contribution in [3.63, 3.8) is 0 Å². The quantitative estimate of drug-likeness (QED) is 0.728. The Morgan fingerprint density at radius 2 is 1.95 bits per heavy atom. The molecule has 3 aliphatic rings. The highest BCUT2D eigenvalue weighted by Crippen LogP contribution is 2.60. The lowest BCUT2D eigenvalue weighted by molar-refractivity contribution is -0.129. The van der Waals surface area contributed by atoms with Crippen LogP contribution in [0.25, 0.3) is 0 Å². The van der Waals surface area contributed by atoms with Crippen LogP contribution in [-0.2, 0) is 9.53 Å². The second-order valence-corrected chi connectivity index (χ2v) is 7.34. The Hall–Kier alpha value is -1.32. The van der Waals surface area contributed by atoms with E-state index in [9.17, 15) is 9.59 Å². The molecule has 20 heavy (non-hydrogen) atoms. The summed E-state index contributed by atoms with van der Waals surface area (Å²) >= 11 is 0. The predicted octanol–water partition coefficient (Wildman–Crippen LogP) is 3.12. The van der Waals surface area contributed by atoms with Crippen LogP contribution in [0.4, 0.5) is 4.79 Å². The number of ketones is 1. The van der Waals surface area contributed by atoms with Gasteiger partial charge in [0.05, 0.1) is 5.70 Å². The van der Waals surface area contributed by atoms with Gasteiger partial charge in [0.15, 0.2) is 0 Å². The molecule has 0 aromatic rings. The summed E-state index contributed by atoms with van der Waals surface area (Å²) in [5.41, 5.74) is -0.258. The first-order chi connectivity index (χ1) is 9.29. The number of carbonyl (C=O) groups excluding carboxylic acids is 2. The summed E-state index contributed by atoms with van der Waals surface area (Å²) in [5, 5.41) is 0. The molecule has 0 radical (unpaired) electrons. The van der Waals surface area contributed by atoms with Gasteiger partial charge in [-0.05, 0) is 57.8 Å². The fourth-order valence-electron chi connectivity index (χ4n) is 3.89. The number of likely N-dealkylation sites (tertiary alicyclic amines) is 1. The third-order valence-electron chi connectivity index (χ3n) is 4.86. The normalized spacial score (nSPS) is 35.6. The molecule has 0 spiro atoms. The molecule has 2 saturated carbocycles. The summed E-state index contributed by atoms with van der Waals surface area (Å²) < 4.78 is 5.36. The maximum Gasteiger partial charge on any atom is 0.415 e. The van der Waals surface area contributed by atoms with Crippen molar-refractivity contribution in [3.8, 4) is 0 Å². The first kappa shape index (κ1) is 13.7. The third-order valence-corrected chi connectivity index (χ3v) is 4.86. The Morgan fingerprint density at radius 3 is 2.50 bits per heavy atom. The molecule has 0 bridgehead atoms. The summed E-state index contributed by atoms with van der Waals surface area (Å²) in [6, 6.07) is -0.326. The first-order valence-electron chi connectivity index (χ1n) is 7.55. The van der Waals surface area contributed by atoms with E-state index < -0.39 is 11.7 Å². The molecule has 4 heteroatoms. The van der Waals surface area contributed by atoms with Gasteiger partial charge < -0.3 is 4.74 Å². The molecule has 4 atom stereocenters. The van der Waals surface area contributed by atoms with Gasteiger partial charge in [0.2, 0.25) is 5.78 Å². The van der Waals surface area contributed by atoms with Crippen LogP contribution in [0.1, 0.15) is 46.5 Å². The van der Waals surface area contributed by atoms with E-state index in [1.54, 1.807) is 0 Å². The fourth-order valence-corrected chi connectivity index (χ4v) is 3.89. The van der Waals surface area contributed by atoms with Crippen LogP contribution in [0, 0.1) is 17.8 Å². The number of hydrogen-bond acceptors (Lipinski definition) is 3. The van der Waals surface area contributed by atoms with Gasteiger partial charge in [-0.15, -0.1) is 0 Å². The number of amides is 1. The Bertz CT molecular complexity index is 467. The molecule has 1 heterocycles. The minimum absolute atomic E-state index is 0.0147. The Morgan fingerprint density at radius 1 is 1.35 bits per heavy atom. The van der Waals surface area contributed by atoms with Crippen LogP contribution < -0.4 is 0 Å². The van der Waals surface area contributed by atoms with Gasteiger partial charge in [0.25, 0.3) is 0 Å². The number of hydrogen-bond donors (Lipinski definition) is 0. The lowest BCUT2D eigenvalue weighted by atomic mass is 9.91. The average Bonchev–Trinajstić information content (AvgIpc) is 2.78. The van der Waals surface area contributed by atoms with Gasteiger partial charge >= 0.3 is 6.09 Å². The van der Waals surface area contributed by atoms with E-state index in [0.717, 1.165) is 18.3 Å². The fraction of sp³-hybridized carbons (Fsp3) is 0.750. The summed E-state index contributed by atoms with van der Waals surface area (Å²) in [6.45, 7) is 9.19. The third kappa shape index (κ3) is 2.15. The minimum atomic E-state index is -0.545. The van der Waals surface area contributed by atoms with Gasteiger partial charge in [-0.2, -0.15) is 0 Å². The van der Waals surface area contributed by atoms with Gasteiger partial charge in [-0.3, -0.25) is 9.69 Å². The van der Waals surface area contributed by atoms with E-state index in [2.05, 4.69) is 6.58 Å². The molecule has 1 aliphatic heterocycles. The van der Waals surface area contributed by atoms with Gasteiger partial charge in [0, 0.05) is 0 Å². The molecule has 0 N–H and O–H groups in total. The number of Topliss-reactive ketones (excluding diaryl/α,β-unsaturated/α-hetero) is 1. The average molecular weight is 277 g/mol. The monoisotopic (exact) mass is 277 g/mol. The zero-order chi connectivity index (χ0) is 14.7. The zero-order valence-corrected chi connectivity index (χ0v) is 12.5.